The van der Waals surface area contributed by atoms with Gasteiger partial charge in [-0.2, -0.15) is 0 Å². The molecule has 1 aromatic heterocycles. The molecule has 0 spiro atoms. The molecule has 0 aromatic carbocycles. The zero-order valence-electron chi connectivity index (χ0n) is 7.14. The lowest BCUT2D eigenvalue weighted by Gasteiger charge is -2.04. The third-order valence-corrected chi connectivity index (χ3v) is 2.41. The van der Waals surface area contributed by atoms with Gasteiger partial charge < -0.3 is 14.9 Å². The van der Waals surface area contributed by atoms with Crippen molar-refractivity contribution in [3.05, 3.63) is 26.9 Å². The van der Waals surface area contributed by atoms with Crippen LogP contribution in [0.3, 0.4) is 0 Å². The van der Waals surface area contributed by atoms with Crippen molar-refractivity contribution in [1.29, 1.82) is 0 Å². The lowest BCUT2D eigenvalue weighted by atomic mass is 10.4. The fourth-order valence-electron chi connectivity index (χ4n) is 0.966. The van der Waals surface area contributed by atoms with E-state index in [2.05, 4.69) is 20.9 Å². The van der Waals surface area contributed by atoms with Crippen molar-refractivity contribution < 1.29 is 9.66 Å². The van der Waals surface area contributed by atoms with Crippen molar-refractivity contribution in [3.8, 4) is 5.75 Å². The van der Waals surface area contributed by atoms with E-state index in [4.69, 9.17) is 4.74 Å². The van der Waals surface area contributed by atoms with E-state index < -0.39 is 4.92 Å². The smallest absolute Gasteiger partial charge is 0.367 e. The number of hydrogen-bond acceptors (Lipinski definition) is 4. The van der Waals surface area contributed by atoms with Crippen molar-refractivity contribution >= 4 is 21.7 Å². The van der Waals surface area contributed by atoms with Crippen LogP contribution >= 0.6 is 15.9 Å². The minimum atomic E-state index is -0.536. The maximum absolute atomic E-state index is 10.4. The molecule has 14 heavy (non-hydrogen) atoms. The van der Waals surface area contributed by atoms with Gasteiger partial charge in [0.1, 0.15) is 10.2 Å². The lowest BCUT2D eigenvalue weighted by molar-refractivity contribution is -0.389. The molecule has 1 saturated carbocycles. The second-order valence-corrected chi connectivity index (χ2v) is 3.90. The largest absolute Gasteiger partial charge is 0.489 e. The first-order chi connectivity index (χ1) is 6.66. The Morgan fingerprint density at radius 3 is 2.93 bits per heavy atom. The normalized spacial score (nSPS) is 15.2. The molecule has 2 rings (SSSR count). The number of hydrogen-bond donors (Lipinski definition) is 0. The van der Waals surface area contributed by atoms with E-state index in [0.717, 1.165) is 12.8 Å². The van der Waals surface area contributed by atoms with Gasteiger partial charge in [0.05, 0.1) is 12.2 Å². The summed E-state index contributed by atoms with van der Waals surface area (Å²) in [5.41, 5.74) is 0. The molecule has 1 heterocycles. The van der Waals surface area contributed by atoms with Gasteiger partial charge in [0.2, 0.25) is 0 Å². The molecule has 0 saturated heterocycles. The summed E-state index contributed by atoms with van der Waals surface area (Å²) in [7, 11) is 0. The number of nitrogens with zero attached hydrogens (tertiary/aromatic N) is 2. The van der Waals surface area contributed by atoms with Crippen molar-refractivity contribution in [1.82, 2.24) is 4.98 Å². The topological polar surface area (TPSA) is 65.3 Å². The van der Waals surface area contributed by atoms with Gasteiger partial charge in [-0.25, -0.2) is 0 Å². The Bertz CT molecular complexity index is 379. The zero-order chi connectivity index (χ0) is 10.1. The molecule has 0 radical (unpaired) electrons. The molecule has 1 fully saturated rings. The first-order valence-electron chi connectivity index (χ1n) is 4.13. The molecule has 1 aliphatic rings. The summed E-state index contributed by atoms with van der Waals surface area (Å²) in [6.07, 6.45) is 3.63. The standard InChI is InChI=1S/C8H7BrN2O3/c9-6-4-10-8(11(12)13)3-7(6)14-5-1-2-5/h3-5H,1-2H2. The van der Waals surface area contributed by atoms with Crippen LogP contribution in [0.4, 0.5) is 5.82 Å². The van der Waals surface area contributed by atoms with Gasteiger partial charge in [-0.05, 0) is 38.7 Å². The third kappa shape index (κ3) is 2.01. The van der Waals surface area contributed by atoms with Crippen LogP contribution in [0, 0.1) is 10.1 Å². The summed E-state index contributed by atoms with van der Waals surface area (Å²) >= 11 is 3.23. The van der Waals surface area contributed by atoms with E-state index in [1.807, 2.05) is 0 Å². The number of ether oxygens (including phenoxy) is 1. The van der Waals surface area contributed by atoms with Crippen molar-refractivity contribution in [2.45, 2.75) is 18.9 Å². The van der Waals surface area contributed by atoms with Gasteiger partial charge in [-0.15, -0.1) is 0 Å². The number of rotatable bonds is 3. The molecular formula is C8H7BrN2O3. The Kier molecular flexibility index (Phi) is 2.37. The third-order valence-electron chi connectivity index (χ3n) is 1.81. The second kappa shape index (κ2) is 3.53. The summed E-state index contributed by atoms with van der Waals surface area (Å²) in [5.74, 6) is 0.304. The van der Waals surface area contributed by atoms with Crippen LogP contribution in [0.1, 0.15) is 12.8 Å². The minimum absolute atomic E-state index is 0.191. The SMILES string of the molecule is O=[N+]([O-])c1cc(OC2CC2)c(Br)cn1. The van der Waals surface area contributed by atoms with Crippen LogP contribution in [-0.2, 0) is 0 Å². The number of pyridine rings is 1. The monoisotopic (exact) mass is 258 g/mol. The molecular weight excluding hydrogens is 252 g/mol. The van der Waals surface area contributed by atoms with Crippen molar-refractivity contribution in [2.75, 3.05) is 0 Å². The summed E-state index contributed by atoms with van der Waals surface area (Å²) < 4.78 is 6.10. The Balaban J connectivity index is 2.26. The predicted octanol–water partition coefficient (Wildman–Crippen LogP) is 2.29. The molecule has 74 valence electrons. The van der Waals surface area contributed by atoms with Gasteiger partial charge in [-0.3, -0.25) is 0 Å². The quantitative estimate of drug-likeness (QED) is 0.617. The molecule has 0 unspecified atom stereocenters. The first-order valence-corrected chi connectivity index (χ1v) is 4.92. The fourth-order valence-corrected chi connectivity index (χ4v) is 1.28. The molecule has 0 atom stereocenters. The van der Waals surface area contributed by atoms with Crippen LogP contribution in [0.2, 0.25) is 0 Å². The fraction of sp³-hybridized carbons (Fsp3) is 0.375. The first kappa shape index (κ1) is 9.39. The summed E-state index contributed by atoms with van der Waals surface area (Å²) in [6.45, 7) is 0. The Hall–Kier alpha value is -1.17. The van der Waals surface area contributed by atoms with E-state index in [0.29, 0.717) is 10.2 Å². The van der Waals surface area contributed by atoms with E-state index in [9.17, 15) is 10.1 Å². The van der Waals surface area contributed by atoms with Gasteiger partial charge in [0.15, 0.2) is 6.20 Å². The Morgan fingerprint density at radius 2 is 2.36 bits per heavy atom. The van der Waals surface area contributed by atoms with Gasteiger partial charge in [0.25, 0.3) is 0 Å². The van der Waals surface area contributed by atoms with Crippen LogP contribution in [-0.4, -0.2) is 16.0 Å². The highest BCUT2D eigenvalue weighted by Crippen LogP contribution is 2.33. The Labute approximate surface area is 88.4 Å². The molecule has 5 nitrogen and oxygen atoms in total. The van der Waals surface area contributed by atoms with Gasteiger partial charge >= 0.3 is 5.82 Å². The second-order valence-electron chi connectivity index (χ2n) is 3.05. The highest BCUT2D eigenvalue weighted by atomic mass is 79.9. The molecule has 0 N–H and O–H groups in total. The molecule has 1 aromatic rings. The van der Waals surface area contributed by atoms with Crippen molar-refractivity contribution in [2.24, 2.45) is 0 Å². The highest BCUT2D eigenvalue weighted by Gasteiger charge is 2.25. The molecule has 0 amide bonds. The molecule has 0 bridgehead atoms. The predicted molar refractivity (Wildman–Crippen MR) is 52.2 cm³/mol. The van der Waals surface area contributed by atoms with Gasteiger partial charge in [-0.1, -0.05) is 0 Å². The van der Waals surface area contributed by atoms with Crippen LogP contribution in [0.15, 0.2) is 16.7 Å². The summed E-state index contributed by atoms with van der Waals surface area (Å²) in [5, 5.41) is 10.4. The van der Waals surface area contributed by atoms with Crippen LogP contribution in [0.25, 0.3) is 0 Å². The summed E-state index contributed by atoms with van der Waals surface area (Å²) in [4.78, 5) is 13.5. The highest BCUT2D eigenvalue weighted by molar-refractivity contribution is 9.10. The van der Waals surface area contributed by atoms with Gasteiger partial charge in [0, 0.05) is 0 Å². The van der Waals surface area contributed by atoms with E-state index in [-0.39, 0.29) is 11.9 Å². The summed E-state index contributed by atoms with van der Waals surface area (Å²) in [6, 6.07) is 1.34. The van der Waals surface area contributed by atoms with Crippen LogP contribution < -0.4 is 4.74 Å². The van der Waals surface area contributed by atoms with E-state index >= 15 is 0 Å². The maximum atomic E-state index is 10.4. The molecule has 6 heteroatoms. The minimum Gasteiger partial charge on any atom is -0.489 e. The zero-order valence-corrected chi connectivity index (χ0v) is 8.73. The molecule has 1 aliphatic carbocycles. The van der Waals surface area contributed by atoms with E-state index in [1.165, 1.54) is 12.3 Å². The number of nitro groups is 1. The van der Waals surface area contributed by atoms with Crippen molar-refractivity contribution in [3.63, 3.8) is 0 Å². The number of halogens is 1. The average molecular weight is 259 g/mol. The molecule has 0 aliphatic heterocycles. The van der Waals surface area contributed by atoms with Crippen LogP contribution in [0.5, 0.6) is 5.75 Å². The number of aromatic nitrogens is 1. The Morgan fingerprint density at radius 1 is 1.64 bits per heavy atom. The van der Waals surface area contributed by atoms with E-state index in [1.54, 1.807) is 0 Å². The maximum Gasteiger partial charge on any atom is 0.367 e. The lowest BCUT2D eigenvalue weighted by Crippen LogP contribution is -1.99. The average Bonchev–Trinajstić information content (AvgIpc) is 2.92.